The standard InChI is InChI=1S/C12H19NO2/c1-12(14,7-8-13-2)10-5-4-6-11(9-10)15-3/h4-6,9,13-14H,7-8H2,1-3H3. The molecule has 3 nitrogen and oxygen atoms in total. The lowest BCUT2D eigenvalue weighted by Crippen LogP contribution is -2.26. The molecule has 0 saturated carbocycles. The maximum absolute atomic E-state index is 10.2. The van der Waals surface area contributed by atoms with E-state index in [1.165, 1.54) is 0 Å². The lowest BCUT2D eigenvalue weighted by molar-refractivity contribution is 0.0483. The van der Waals surface area contributed by atoms with Crippen molar-refractivity contribution >= 4 is 0 Å². The molecule has 0 saturated heterocycles. The highest BCUT2D eigenvalue weighted by molar-refractivity contribution is 5.31. The summed E-state index contributed by atoms with van der Waals surface area (Å²) in [6, 6.07) is 7.55. The van der Waals surface area contributed by atoms with Gasteiger partial charge in [-0.2, -0.15) is 0 Å². The average Bonchev–Trinajstić information content (AvgIpc) is 2.26. The Balaban J connectivity index is 2.83. The first-order valence-corrected chi connectivity index (χ1v) is 5.11. The molecule has 1 atom stereocenters. The van der Waals surface area contributed by atoms with E-state index in [4.69, 9.17) is 4.74 Å². The summed E-state index contributed by atoms with van der Waals surface area (Å²) in [6.07, 6.45) is 0.677. The summed E-state index contributed by atoms with van der Waals surface area (Å²) < 4.78 is 5.13. The smallest absolute Gasteiger partial charge is 0.119 e. The summed E-state index contributed by atoms with van der Waals surface area (Å²) in [4.78, 5) is 0. The first-order valence-electron chi connectivity index (χ1n) is 5.11. The van der Waals surface area contributed by atoms with Crippen LogP contribution in [-0.2, 0) is 5.60 Å². The second-order valence-corrected chi connectivity index (χ2v) is 3.86. The largest absolute Gasteiger partial charge is 0.497 e. The van der Waals surface area contributed by atoms with E-state index in [1.54, 1.807) is 7.11 Å². The van der Waals surface area contributed by atoms with Crippen molar-refractivity contribution in [2.75, 3.05) is 20.7 Å². The number of hydrogen-bond acceptors (Lipinski definition) is 3. The van der Waals surface area contributed by atoms with Gasteiger partial charge in [-0.3, -0.25) is 0 Å². The van der Waals surface area contributed by atoms with Crippen LogP contribution in [-0.4, -0.2) is 25.8 Å². The van der Waals surface area contributed by atoms with Crippen molar-refractivity contribution in [2.45, 2.75) is 18.9 Å². The van der Waals surface area contributed by atoms with E-state index in [-0.39, 0.29) is 0 Å². The number of ether oxygens (including phenoxy) is 1. The molecule has 0 aliphatic rings. The Bertz CT molecular complexity index is 310. The Morgan fingerprint density at radius 1 is 1.47 bits per heavy atom. The van der Waals surface area contributed by atoms with Gasteiger partial charge in [0.15, 0.2) is 0 Å². The lowest BCUT2D eigenvalue weighted by Gasteiger charge is -2.24. The van der Waals surface area contributed by atoms with E-state index in [0.29, 0.717) is 6.42 Å². The van der Waals surface area contributed by atoms with E-state index < -0.39 is 5.60 Å². The molecule has 0 bridgehead atoms. The van der Waals surface area contributed by atoms with Gasteiger partial charge in [-0.25, -0.2) is 0 Å². The Hall–Kier alpha value is -1.06. The van der Waals surface area contributed by atoms with E-state index >= 15 is 0 Å². The quantitative estimate of drug-likeness (QED) is 0.772. The van der Waals surface area contributed by atoms with Crippen LogP contribution in [0.15, 0.2) is 24.3 Å². The molecule has 0 heterocycles. The van der Waals surface area contributed by atoms with Crippen LogP contribution in [0.2, 0.25) is 0 Å². The topological polar surface area (TPSA) is 41.5 Å². The van der Waals surface area contributed by atoms with E-state index in [1.807, 2.05) is 38.2 Å². The molecule has 1 rings (SSSR count). The molecule has 0 amide bonds. The predicted molar refractivity (Wildman–Crippen MR) is 61.1 cm³/mol. The van der Waals surface area contributed by atoms with E-state index in [9.17, 15) is 5.11 Å². The van der Waals surface area contributed by atoms with Crippen LogP contribution >= 0.6 is 0 Å². The number of rotatable bonds is 5. The molecule has 0 radical (unpaired) electrons. The van der Waals surface area contributed by atoms with Gasteiger partial charge in [-0.15, -0.1) is 0 Å². The van der Waals surface area contributed by atoms with Gasteiger partial charge in [0.25, 0.3) is 0 Å². The number of methoxy groups -OCH3 is 1. The molecule has 2 N–H and O–H groups in total. The number of aliphatic hydroxyl groups is 1. The zero-order valence-corrected chi connectivity index (χ0v) is 9.58. The molecule has 0 aliphatic carbocycles. The van der Waals surface area contributed by atoms with Crippen LogP contribution in [0.4, 0.5) is 0 Å². The first kappa shape index (κ1) is 12.0. The highest BCUT2D eigenvalue weighted by Crippen LogP contribution is 2.26. The van der Waals surface area contributed by atoms with Crippen LogP contribution < -0.4 is 10.1 Å². The number of benzene rings is 1. The van der Waals surface area contributed by atoms with Gasteiger partial charge in [0.1, 0.15) is 5.75 Å². The van der Waals surface area contributed by atoms with E-state index in [2.05, 4.69) is 5.32 Å². The number of hydrogen-bond donors (Lipinski definition) is 2. The minimum atomic E-state index is -0.808. The number of nitrogens with one attached hydrogen (secondary N) is 1. The Morgan fingerprint density at radius 3 is 2.80 bits per heavy atom. The third kappa shape index (κ3) is 3.22. The van der Waals surface area contributed by atoms with Gasteiger partial charge in [0.05, 0.1) is 12.7 Å². The predicted octanol–water partition coefficient (Wildman–Crippen LogP) is 1.51. The molecule has 1 unspecified atom stereocenters. The zero-order chi connectivity index (χ0) is 11.3. The fourth-order valence-corrected chi connectivity index (χ4v) is 1.47. The van der Waals surface area contributed by atoms with Gasteiger partial charge in [-0.1, -0.05) is 12.1 Å². The normalized spacial score (nSPS) is 14.7. The van der Waals surface area contributed by atoms with E-state index in [0.717, 1.165) is 17.9 Å². The van der Waals surface area contributed by atoms with Gasteiger partial charge in [0.2, 0.25) is 0 Å². The van der Waals surface area contributed by atoms with Crippen molar-refractivity contribution in [3.63, 3.8) is 0 Å². The van der Waals surface area contributed by atoms with Crippen molar-refractivity contribution in [3.8, 4) is 5.75 Å². The van der Waals surface area contributed by atoms with Crippen molar-refractivity contribution in [1.82, 2.24) is 5.32 Å². The summed E-state index contributed by atoms with van der Waals surface area (Å²) in [7, 11) is 3.50. The zero-order valence-electron chi connectivity index (χ0n) is 9.58. The Kier molecular flexibility index (Phi) is 4.12. The highest BCUT2D eigenvalue weighted by atomic mass is 16.5. The third-order valence-corrected chi connectivity index (χ3v) is 2.55. The minimum absolute atomic E-state index is 0.677. The second kappa shape index (κ2) is 5.14. The van der Waals surface area contributed by atoms with Crippen molar-refractivity contribution in [2.24, 2.45) is 0 Å². The van der Waals surface area contributed by atoms with Crippen LogP contribution in [0, 0.1) is 0 Å². The van der Waals surface area contributed by atoms with Gasteiger partial charge < -0.3 is 15.2 Å². The first-order chi connectivity index (χ1) is 7.10. The molecule has 3 heteroatoms. The summed E-state index contributed by atoms with van der Waals surface area (Å²) in [5, 5.41) is 13.3. The monoisotopic (exact) mass is 209 g/mol. The summed E-state index contributed by atoms with van der Waals surface area (Å²) >= 11 is 0. The van der Waals surface area contributed by atoms with Crippen LogP contribution in [0.1, 0.15) is 18.9 Å². The summed E-state index contributed by atoms with van der Waals surface area (Å²) in [5.74, 6) is 0.775. The summed E-state index contributed by atoms with van der Waals surface area (Å²) in [6.45, 7) is 2.60. The SMILES string of the molecule is CNCCC(C)(O)c1cccc(OC)c1. The molecule has 0 spiro atoms. The van der Waals surface area contributed by atoms with Crippen molar-refractivity contribution < 1.29 is 9.84 Å². The Labute approximate surface area is 91.1 Å². The molecule has 15 heavy (non-hydrogen) atoms. The maximum atomic E-state index is 10.2. The molecular formula is C12H19NO2. The lowest BCUT2D eigenvalue weighted by atomic mass is 9.92. The maximum Gasteiger partial charge on any atom is 0.119 e. The summed E-state index contributed by atoms with van der Waals surface area (Å²) in [5.41, 5.74) is 0.0782. The van der Waals surface area contributed by atoms with Crippen molar-refractivity contribution in [3.05, 3.63) is 29.8 Å². The fourth-order valence-electron chi connectivity index (χ4n) is 1.47. The molecule has 1 aromatic carbocycles. The fraction of sp³-hybridized carbons (Fsp3) is 0.500. The highest BCUT2D eigenvalue weighted by Gasteiger charge is 2.22. The van der Waals surface area contributed by atoms with Crippen molar-refractivity contribution in [1.29, 1.82) is 0 Å². The minimum Gasteiger partial charge on any atom is -0.497 e. The van der Waals surface area contributed by atoms with Gasteiger partial charge in [-0.05, 0) is 44.6 Å². The third-order valence-electron chi connectivity index (χ3n) is 2.55. The average molecular weight is 209 g/mol. The molecule has 0 aliphatic heterocycles. The van der Waals surface area contributed by atoms with Gasteiger partial charge in [0, 0.05) is 0 Å². The van der Waals surface area contributed by atoms with Gasteiger partial charge >= 0.3 is 0 Å². The molecule has 0 aromatic heterocycles. The van der Waals surface area contributed by atoms with Crippen LogP contribution in [0.5, 0.6) is 5.75 Å². The Morgan fingerprint density at radius 2 is 2.20 bits per heavy atom. The molecular weight excluding hydrogens is 190 g/mol. The molecule has 84 valence electrons. The second-order valence-electron chi connectivity index (χ2n) is 3.86. The molecule has 0 fully saturated rings. The van der Waals surface area contributed by atoms with Crippen LogP contribution in [0.25, 0.3) is 0 Å². The van der Waals surface area contributed by atoms with Crippen LogP contribution in [0.3, 0.4) is 0 Å². The molecule has 1 aromatic rings.